The van der Waals surface area contributed by atoms with Crippen molar-refractivity contribution < 1.29 is 33.6 Å². The Morgan fingerprint density at radius 3 is 2.61 bits per heavy atom. The molecule has 0 radical (unpaired) electrons. The molecule has 8 nitrogen and oxygen atoms in total. The van der Waals surface area contributed by atoms with Gasteiger partial charge in [-0.2, -0.15) is 0 Å². The van der Waals surface area contributed by atoms with E-state index in [0.717, 1.165) is 25.9 Å². The minimum Gasteiger partial charge on any atom is -0.493 e. The van der Waals surface area contributed by atoms with Crippen molar-refractivity contribution in [2.45, 2.75) is 44.5 Å². The maximum Gasteiger partial charge on any atom is 0.248 e. The van der Waals surface area contributed by atoms with E-state index in [1.165, 1.54) is 14.2 Å². The molecule has 28 heavy (non-hydrogen) atoms. The number of nitrogens with one attached hydrogen (secondary N) is 1. The highest BCUT2D eigenvalue weighted by molar-refractivity contribution is 5.80. The first-order chi connectivity index (χ1) is 13.5. The quantitative estimate of drug-likeness (QED) is 0.585. The Bertz CT molecular complexity index is 582. The molecule has 1 aliphatic heterocycles. The largest absolute Gasteiger partial charge is 0.493 e. The van der Waals surface area contributed by atoms with Crippen molar-refractivity contribution >= 4 is 5.91 Å². The second-order valence-electron chi connectivity index (χ2n) is 6.67. The van der Waals surface area contributed by atoms with Crippen LogP contribution in [0.5, 0.6) is 17.2 Å². The highest BCUT2D eigenvalue weighted by Gasteiger charge is 2.20. The summed E-state index contributed by atoms with van der Waals surface area (Å²) < 4.78 is 27.3. The molecule has 3 atom stereocenters. The van der Waals surface area contributed by atoms with Crippen LogP contribution in [0, 0.1) is 0 Å². The molecule has 1 saturated heterocycles. The predicted octanol–water partition coefficient (Wildman–Crippen LogP) is 1.53. The van der Waals surface area contributed by atoms with Gasteiger partial charge in [0, 0.05) is 13.2 Å². The van der Waals surface area contributed by atoms with Crippen LogP contribution in [-0.2, 0) is 14.3 Å². The first-order valence-electron chi connectivity index (χ1n) is 9.58. The Morgan fingerprint density at radius 1 is 1.29 bits per heavy atom. The van der Waals surface area contributed by atoms with Crippen LogP contribution in [0.25, 0.3) is 0 Å². The van der Waals surface area contributed by atoms with Gasteiger partial charge in [0.1, 0.15) is 18.8 Å². The Balaban J connectivity index is 1.71. The highest BCUT2D eigenvalue weighted by Crippen LogP contribution is 2.36. The van der Waals surface area contributed by atoms with Gasteiger partial charge in [-0.15, -0.1) is 0 Å². The standard InChI is InChI=1S/C20H31NO7/c1-14(27-13-16-7-4-5-10-26-16)20(23)21-11-15(22)12-28-19-17(24-2)8-6-9-18(19)25-3/h6,8-9,14-16,22H,4-5,7,10-13H2,1-3H3,(H,21,23). The molecule has 3 unspecified atom stereocenters. The molecule has 1 aromatic carbocycles. The van der Waals surface area contributed by atoms with Crippen molar-refractivity contribution in [3.63, 3.8) is 0 Å². The number of carbonyl (C=O) groups is 1. The van der Waals surface area contributed by atoms with Crippen molar-refractivity contribution in [3.8, 4) is 17.2 Å². The molecule has 2 rings (SSSR count). The lowest BCUT2D eigenvalue weighted by Crippen LogP contribution is -2.41. The maximum atomic E-state index is 12.1. The second kappa shape index (κ2) is 11.7. The molecule has 0 spiro atoms. The minimum absolute atomic E-state index is 0.0256. The number of methoxy groups -OCH3 is 2. The van der Waals surface area contributed by atoms with Gasteiger partial charge < -0.3 is 34.1 Å². The molecule has 1 aliphatic rings. The maximum absolute atomic E-state index is 12.1. The number of aliphatic hydroxyl groups excluding tert-OH is 1. The number of ether oxygens (including phenoxy) is 5. The molecule has 1 fully saturated rings. The summed E-state index contributed by atoms with van der Waals surface area (Å²) in [4.78, 5) is 12.1. The first-order valence-corrected chi connectivity index (χ1v) is 9.58. The zero-order valence-electron chi connectivity index (χ0n) is 16.8. The normalized spacial score (nSPS) is 18.8. The summed E-state index contributed by atoms with van der Waals surface area (Å²) >= 11 is 0. The van der Waals surface area contributed by atoms with Gasteiger partial charge in [0.2, 0.25) is 11.7 Å². The van der Waals surface area contributed by atoms with E-state index in [2.05, 4.69) is 5.32 Å². The van der Waals surface area contributed by atoms with Gasteiger partial charge in [0.05, 0.1) is 26.9 Å². The Kier molecular flexibility index (Phi) is 9.33. The van der Waals surface area contributed by atoms with E-state index >= 15 is 0 Å². The second-order valence-corrected chi connectivity index (χ2v) is 6.67. The lowest BCUT2D eigenvalue weighted by molar-refractivity contribution is -0.136. The summed E-state index contributed by atoms with van der Waals surface area (Å²) in [6, 6.07) is 5.25. The topological polar surface area (TPSA) is 95.5 Å². The molecule has 8 heteroatoms. The van der Waals surface area contributed by atoms with E-state index in [-0.39, 0.29) is 25.2 Å². The van der Waals surface area contributed by atoms with Crippen LogP contribution < -0.4 is 19.5 Å². The number of carbonyl (C=O) groups excluding carboxylic acids is 1. The predicted molar refractivity (Wildman–Crippen MR) is 103 cm³/mol. The Hall–Kier alpha value is -2.03. The van der Waals surface area contributed by atoms with Crippen molar-refractivity contribution in [3.05, 3.63) is 18.2 Å². The Morgan fingerprint density at radius 2 is 2.00 bits per heavy atom. The van der Waals surface area contributed by atoms with E-state index in [0.29, 0.717) is 23.9 Å². The summed E-state index contributed by atoms with van der Waals surface area (Å²) in [7, 11) is 3.05. The molecular formula is C20H31NO7. The molecule has 1 aromatic rings. The smallest absolute Gasteiger partial charge is 0.248 e. The SMILES string of the molecule is COc1cccc(OC)c1OCC(O)CNC(=O)C(C)OCC1CCCCO1. The van der Waals surface area contributed by atoms with Crippen LogP contribution >= 0.6 is 0 Å². The van der Waals surface area contributed by atoms with Crippen LogP contribution in [0.15, 0.2) is 18.2 Å². The first kappa shape index (κ1) is 22.3. The van der Waals surface area contributed by atoms with E-state index in [4.69, 9.17) is 23.7 Å². The fourth-order valence-electron chi connectivity index (χ4n) is 2.83. The number of hydrogen-bond donors (Lipinski definition) is 2. The monoisotopic (exact) mass is 397 g/mol. The van der Waals surface area contributed by atoms with Crippen LogP contribution in [-0.4, -0.2) is 69.9 Å². The van der Waals surface area contributed by atoms with Crippen molar-refractivity contribution in [1.29, 1.82) is 0 Å². The third-order valence-corrected chi connectivity index (χ3v) is 4.49. The van der Waals surface area contributed by atoms with Gasteiger partial charge in [0.15, 0.2) is 11.5 Å². The van der Waals surface area contributed by atoms with E-state index in [1.54, 1.807) is 25.1 Å². The fourth-order valence-corrected chi connectivity index (χ4v) is 2.83. The zero-order chi connectivity index (χ0) is 20.4. The molecule has 2 N–H and O–H groups in total. The number of aliphatic hydroxyl groups is 1. The molecule has 1 heterocycles. The average Bonchev–Trinajstić information content (AvgIpc) is 2.74. The molecule has 0 saturated carbocycles. The van der Waals surface area contributed by atoms with Gasteiger partial charge in [-0.3, -0.25) is 4.79 Å². The number of hydrogen-bond acceptors (Lipinski definition) is 7. The van der Waals surface area contributed by atoms with Crippen LogP contribution in [0.2, 0.25) is 0 Å². The number of benzene rings is 1. The van der Waals surface area contributed by atoms with Gasteiger partial charge >= 0.3 is 0 Å². The summed E-state index contributed by atoms with van der Waals surface area (Å²) in [6.45, 7) is 2.85. The minimum atomic E-state index is -0.896. The molecule has 0 aliphatic carbocycles. The van der Waals surface area contributed by atoms with Gasteiger partial charge in [0.25, 0.3) is 0 Å². The molecular weight excluding hydrogens is 366 g/mol. The van der Waals surface area contributed by atoms with Crippen molar-refractivity contribution in [1.82, 2.24) is 5.32 Å². The van der Waals surface area contributed by atoms with Crippen LogP contribution in [0.4, 0.5) is 0 Å². The average molecular weight is 397 g/mol. The van der Waals surface area contributed by atoms with Gasteiger partial charge in [-0.25, -0.2) is 0 Å². The third kappa shape index (κ3) is 6.85. The van der Waals surface area contributed by atoms with Gasteiger partial charge in [-0.1, -0.05) is 6.07 Å². The van der Waals surface area contributed by atoms with Crippen molar-refractivity contribution in [2.24, 2.45) is 0 Å². The number of para-hydroxylation sites is 1. The zero-order valence-corrected chi connectivity index (χ0v) is 16.8. The molecule has 0 aromatic heterocycles. The van der Waals surface area contributed by atoms with Crippen molar-refractivity contribution in [2.75, 3.05) is 40.6 Å². The molecule has 0 bridgehead atoms. The number of amides is 1. The summed E-state index contributed by atoms with van der Waals surface area (Å²) in [5, 5.41) is 12.8. The van der Waals surface area contributed by atoms with E-state index in [1.807, 2.05) is 0 Å². The molecule has 158 valence electrons. The van der Waals surface area contributed by atoms with E-state index in [9.17, 15) is 9.90 Å². The highest BCUT2D eigenvalue weighted by atomic mass is 16.5. The van der Waals surface area contributed by atoms with Crippen LogP contribution in [0.1, 0.15) is 26.2 Å². The third-order valence-electron chi connectivity index (χ3n) is 4.49. The van der Waals surface area contributed by atoms with Gasteiger partial charge in [-0.05, 0) is 38.3 Å². The van der Waals surface area contributed by atoms with E-state index < -0.39 is 12.2 Å². The lowest BCUT2D eigenvalue weighted by Gasteiger charge is -2.24. The van der Waals surface area contributed by atoms with Crippen LogP contribution in [0.3, 0.4) is 0 Å². The summed E-state index contributed by atoms with van der Waals surface area (Å²) in [5.74, 6) is 1.12. The fraction of sp³-hybridized carbons (Fsp3) is 0.650. The lowest BCUT2D eigenvalue weighted by atomic mass is 10.1. The molecule has 1 amide bonds. The Labute approximate surface area is 166 Å². The summed E-state index contributed by atoms with van der Waals surface area (Å²) in [5.41, 5.74) is 0. The number of rotatable bonds is 11. The summed E-state index contributed by atoms with van der Waals surface area (Å²) in [6.07, 6.45) is 1.70.